The van der Waals surface area contributed by atoms with Gasteiger partial charge in [0.2, 0.25) is 0 Å². The van der Waals surface area contributed by atoms with Gasteiger partial charge in [-0.15, -0.1) is 11.3 Å². The third-order valence-corrected chi connectivity index (χ3v) is 8.13. The Morgan fingerprint density at radius 2 is 2.03 bits per heavy atom. The Hall–Kier alpha value is -2.24. The van der Waals surface area contributed by atoms with Gasteiger partial charge in [0.1, 0.15) is 18.5 Å². The number of rotatable bonds is 6. The van der Waals surface area contributed by atoms with E-state index >= 15 is 0 Å². The van der Waals surface area contributed by atoms with Crippen molar-refractivity contribution in [2.75, 3.05) is 26.8 Å². The predicted octanol–water partition coefficient (Wildman–Crippen LogP) is 5.21. The topological polar surface area (TPSA) is 56.1 Å². The molecule has 1 aromatic heterocycles. The molecule has 0 N–H and O–H groups in total. The van der Waals surface area contributed by atoms with Gasteiger partial charge in [0.25, 0.3) is 5.91 Å². The molecule has 204 valence electrons. The minimum absolute atomic E-state index is 0.00395. The van der Waals surface area contributed by atoms with Crippen LogP contribution in [-0.4, -0.2) is 60.5 Å². The van der Waals surface area contributed by atoms with E-state index in [4.69, 9.17) is 9.47 Å². The maximum absolute atomic E-state index is 13.8. The van der Waals surface area contributed by atoms with Gasteiger partial charge in [-0.2, -0.15) is 18.2 Å². The minimum Gasteiger partial charge on any atom is -0.491 e. The number of thiazole rings is 1. The molecular formula is C26H33F4N3O3S. The number of carbonyl (C=O) groups is 1. The molecule has 2 fully saturated rings. The zero-order valence-corrected chi connectivity index (χ0v) is 22.3. The van der Waals surface area contributed by atoms with Crippen LogP contribution in [0.2, 0.25) is 0 Å². The normalized spacial score (nSPS) is 23.7. The lowest BCUT2D eigenvalue weighted by Gasteiger charge is -2.20. The van der Waals surface area contributed by atoms with Gasteiger partial charge in [0.15, 0.2) is 4.80 Å². The first-order valence-electron chi connectivity index (χ1n) is 12.4. The molecule has 0 bridgehead atoms. The number of hydrogen-bond acceptors (Lipinski definition) is 5. The summed E-state index contributed by atoms with van der Waals surface area (Å²) in [7, 11) is 1.76. The van der Waals surface area contributed by atoms with Gasteiger partial charge in [-0.3, -0.25) is 9.69 Å². The summed E-state index contributed by atoms with van der Waals surface area (Å²) in [6, 6.07) is 2.56. The second-order valence-corrected chi connectivity index (χ2v) is 11.8. The third kappa shape index (κ3) is 6.80. The highest BCUT2D eigenvalue weighted by atomic mass is 32.1. The number of aromatic nitrogens is 1. The fraction of sp³-hybridized carbons (Fsp3) is 0.615. The lowest BCUT2D eigenvalue weighted by atomic mass is 9.95. The summed E-state index contributed by atoms with van der Waals surface area (Å²) in [6.45, 7) is 7.63. The summed E-state index contributed by atoms with van der Waals surface area (Å²) in [4.78, 5) is 20.8. The van der Waals surface area contributed by atoms with E-state index in [9.17, 15) is 22.4 Å². The van der Waals surface area contributed by atoms with Crippen molar-refractivity contribution in [3.05, 3.63) is 45.2 Å². The molecule has 1 aromatic carbocycles. The first kappa shape index (κ1) is 27.8. The van der Waals surface area contributed by atoms with E-state index in [0.29, 0.717) is 18.0 Å². The average molecular weight is 544 g/mol. The molecule has 11 heteroatoms. The van der Waals surface area contributed by atoms with Crippen molar-refractivity contribution in [3.63, 3.8) is 0 Å². The molecular weight excluding hydrogens is 510 g/mol. The highest BCUT2D eigenvalue weighted by Gasteiger charge is 2.33. The first-order valence-corrected chi connectivity index (χ1v) is 13.2. The molecule has 0 unspecified atom stereocenters. The number of likely N-dealkylation sites (N-methyl/N-ethyl adjacent to an activating group) is 1. The molecule has 4 rings (SSSR count). The Labute approximate surface area is 217 Å². The Bertz CT molecular complexity index is 1180. The van der Waals surface area contributed by atoms with Crippen molar-refractivity contribution >= 4 is 17.2 Å². The van der Waals surface area contributed by atoms with Crippen LogP contribution in [0, 0.1) is 0 Å². The molecule has 0 aliphatic carbocycles. The van der Waals surface area contributed by atoms with Crippen molar-refractivity contribution in [3.8, 4) is 5.75 Å². The summed E-state index contributed by atoms with van der Waals surface area (Å²) in [5.41, 5.74) is -1.44. The van der Waals surface area contributed by atoms with Gasteiger partial charge < -0.3 is 14.0 Å². The second kappa shape index (κ2) is 10.9. The van der Waals surface area contributed by atoms with Gasteiger partial charge in [-0.25, -0.2) is 4.39 Å². The van der Waals surface area contributed by atoms with E-state index in [0.717, 1.165) is 35.9 Å². The lowest BCUT2D eigenvalue weighted by Crippen LogP contribution is -2.31. The molecule has 3 atom stereocenters. The number of halogens is 4. The highest BCUT2D eigenvalue weighted by molar-refractivity contribution is 7.09. The number of alkyl halides is 4. The van der Waals surface area contributed by atoms with Crippen LogP contribution in [-0.2, 0) is 22.9 Å². The molecule has 6 nitrogen and oxygen atoms in total. The maximum Gasteiger partial charge on any atom is 0.416 e. The number of ether oxygens (including phenoxy) is 2. The van der Waals surface area contributed by atoms with E-state index in [2.05, 4.69) is 4.99 Å². The first-order chi connectivity index (χ1) is 17.3. The van der Waals surface area contributed by atoms with Crippen LogP contribution >= 0.6 is 11.3 Å². The van der Waals surface area contributed by atoms with Crippen molar-refractivity contribution in [1.82, 2.24) is 9.47 Å². The second-order valence-electron chi connectivity index (χ2n) is 10.8. The number of carbonyl (C=O) groups excluding carboxylic acids is 1. The number of benzene rings is 1. The Kier molecular flexibility index (Phi) is 8.16. The van der Waals surface area contributed by atoms with Crippen LogP contribution in [0.4, 0.5) is 17.6 Å². The average Bonchev–Trinajstić information content (AvgIpc) is 3.53. The number of nitrogens with zero attached hydrogens (tertiary/aromatic N) is 3. The smallest absolute Gasteiger partial charge is 0.416 e. The van der Waals surface area contributed by atoms with Gasteiger partial charge >= 0.3 is 6.18 Å². The predicted molar refractivity (Wildman–Crippen MR) is 133 cm³/mol. The van der Waals surface area contributed by atoms with Crippen molar-refractivity contribution < 1.29 is 31.8 Å². The van der Waals surface area contributed by atoms with Gasteiger partial charge in [-0.1, -0.05) is 20.8 Å². The summed E-state index contributed by atoms with van der Waals surface area (Å²) in [6.07, 6.45) is -1.59. The van der Waals surface area contributed by atoms with Gasteiger partial charge in [0.05, 0.1) is 23.8 Å². The van der Waals surface area contributed by atoms with Crippen LogP contribution in [0.5, 0.6) is 5.75 Å². The summed E-state index contributed by atoms with van der Waals surface area (Å²) in [5, 5.41) is 0. The molecule has 2 aliphatic heterocycles. The molecule has 0 spiro atoms. The molecule has 0 radical (unpaired) electrons. The Morgan fingerprint density at radius 1 is 1.27 bits per heavy atom. The maximum atomic E-state index is 13.8. The molecule has 2 saturated heterocycles. The molecule has 2 aliphatic rings. The quantitative estimate of drug-likeness (QED) is 0.470. The van der Waals surface area contributed by atoms with E-state index in [-0.39, 0.29) is 48.4 Å². The number of amides is 1. The Balaban J connectivity index is 1.69. The molecule has 0 saturated carbocycles. The summed E-state index contributed by atoms with van der Waals surface area (Å²) in [5.74, 6) is -0.830. The highest BCUT2D eigenvalue weighted by Crippen LogP contribution is 2.33. The fourth-order valence-electron chi connectivity index (χ4n) is 4.49. The van der Waals surface area contributed by atoms with E-state index in [1.54, 1.807) is 11.9 Å². The van der Waals surface area contributed by atoms with Gasteiger partial charge in [0, 0.05) is 30.3 Å². The van der Waals surface area contributed by atoms with Crippen LogP contribution in [0.3, 0.4) is 0 Å². The standard InChI is InChI=1S/C26H33F4N3O3S/c1-25(2,3)22-14-33(13-19-6-5-9-35-19)24(37-22)31-23(34)20-10-16(26(28,29)30)7-8-21(20)36-15-18-11-17(27)12-32(18)4/h7-8,10,14,17-19H,5-6,9,11-13,15H2,1-4H3/t17-,18-,19+/m0/s1. The largest absolute Gasteiger partial charge is 0.491 e. The van der Waals surface area contributed by atoms with Crippen LogP contribution in [0.25, 0.3) is 0 Å². The number of likely N-dealkylation sites (tertiary alicyclic amines) is 1. The van der Waals surface area contributed by atoms with Crippen molar-refractivity contribution in [1.29, 1.82) is 0 Å². The SMILES string of the molecule is CN1C[C@@H](F)C[C@H]1COc1ccc(C(F)(F)F)cc1C(=O)N=c1sc(C(C)(C)C)cn1C[C@H]1CCCO1. The molecule has 37 heavy (non-hydrogen) atoms. The van der Waals surface area contributed by atoms with Gasteiger partial charge in [-0.05, 0) is 49.9 Å². The zero-order valence-electron chi connectivity index (χ0n) is 21.5. The zero-order chi connectivity index (χ0) is 27.0. The molecule has 2 aromatic rings. The van der Waals surface area contributed by atoms with E-state index in [1.165, 1.54) is 11.3 Å². The van der Waals surface area contributed by atoms with Crippen LogP contribution in [0.1, 0.15) is 60.8 Å². The monoisotopic (exact) mass is 543 g/mol. The van der Waals surface area contributed by atoms with E-state index < -0.39 is 23.8 Å². The summed E-state index contributed by atoms with van der Waals surface area (Å²) >= 11 is 1.33. The van der Waals surface area contributed by atoms with Crippen LogP contribution in [0.15, 0.2) is 29.4 Å². The third-order valence-electron chi connectivity index (χ3n) is 6.69. The molecule has 3 heterocycles. The minimum atomic E-state index is -4.64. The fourth-order valence-corrected chi connectivity index (χ4v) is 5.55. The lowest BCUT2D eigenvalue weighted by molar-refractivity contribution is -0.137. The van der Waals surface area contributed by atoms with Crippen molar-refractivity contribution in [2.24, 2.45) is 4.99 Å². The van der Waals surface area contributed by atoms with Crippen molar-refractivity contribution in [2.45, 2.75) is 76.5 Å². The van der Waals surface area contributed by atoms with Crippen LogP contribution < -0.4 is 9.54 Å². The van der Waals surface area contributed by atoms with E-state index in [1.807, 2.05) is 31.5 Å². The Morgan fingerprint density at radius 3 is 2.62 bits per heavy atom. The summed E-state index contributed by atoms with van der Waals surface area (Å²) < 4.78 is 67.6. The number of hydrogen-bond donors (Lipinski definition) is 0. The molecule has 1 amide bonds.